The zero-order valence-electron chi connectivity index (χ0n) is 14.0. The molecule has 1 saturated heterocycles. The van der Waals surface area contributed by atoms with Crippen LogP contribution in [0, 0.1) is 0 Å². The van der Waals surface area contributed by atoms with Crippen molar-refractivity contribution in [3.63, 3.8) is 0 Å². The number of amides is 1. The third-order valence-corrected chi connectivity index (χ3v) is 4.53. The number of carbonyl (C=O) groups excluding carboxylic acids is 1. The van der Waals surface area contributed by atoms with E-state index < -0.39 is 5.60 Å². The topological polar surface area (TPSA) is 50.4 Å². The van der Waals surface area contributed by atoms with Crippen LogP contribution in [-0.2, 0) is 4.74 Å². The summed E-state index contributed by atoms with van der Waals surface area (Å²) in [6.45, 7) is 3.77. The van der Waals surface area contributed by atoms with Gasteiger partial charge in [0.1, 0.15) is 5.60 Å². The van der Waals surface area contributed by atoms with E-state index in [-0.39, 0.29) is 12.1 Å². The zero-order valence-corrected chi connectivity index (χ0v) is 14.0. The molecular weight excluding hydrogens is 300 g/mol. The summed E-state index contributed by atoms with van der Waals surface area (Å²) in [5.74, 6) is 0. The lowest BCUT2D eigenvalue weighted by atomic mass is 9.95. The monoisotopic (exact) mass is 324 g/mol. The van der Waals surface area contributed by atoms with Crippen LogP contribution in [0.2, 0.25) is 0 Å². The van der Waals surface area contributed by atoms with E-state index in [1.54, 1.807) is 0 Å². The molecule has 0 spiro atoms. The Balaban J connectivity index is 1.76. The summed E-state index contributed by atoms with van der Waals surface area (Å²) in [6.07, 6.45) is 1.31. The molecule has 0 unspecified atom stereocenters. The highest BCUT2D eigenvalue weighted by Gasteiger charge is 2.31. The minimum absolute atomic E-state index is 0.217. The molecule has 0 aliphatic carbocycles. The van der Waals surface area contributed by atoms with Gasteiger partial charge in [-0.05, 0) is 44.0 Å². The highest BCUT2D eigenvalue weighted by Crippen LogP contribution is 2.25. The van der Waals surface area contributed by atoms with E-state index in [4.69, 9.17) is 4.74 Å². The molecule has 2 aromatic rings. The van der Waals surface area contributed by atoms with E-state index in [0.717, 1.165) is 37.1 Å². The molecule has 0 radical (unpaired) electrons. The van der Waals surface area contributed by atoms with Crippen molar-refractivity contribution in [1.82, 2.24) is 10.6 Å². The van der Waals surface area contributed by atoms with Crippen LogP contribution in [0.5, 0.6) is 0 Å². The molecule has 24 heavy (non-hydrogen) atoms. The molecular formula is C20H24N2O2. The quantitative estimate of drug-likeness (QED) is 0.903. The van der Waals surface area contributed by atoms with Crippen molar-refractivity contribution in [3.05, 3.63) is 71.8 Å². The number of hydrogen-bond donors (Lipinski definition) is 2. The van der Waals surface area contributed by atoms with Crippen molar-refractivity contribution < 1.29 is 9.53 Å². The highest BCUT2D eigenvalue weighted by atomic mass is 16.6. The molecule has 1 fully saturated rings. The van der Waals surface area contributed by atoms with Gasteiger partial charge in [-0.25, -0.2) is 4.79 Å². The Morgan fingerprint density at radius 2 is 1.50 bits per heavy atom. The summed E-state index contributed by atoms with van der Waals surface area (Å²) in [6, 6.07) is 19.7. The fourth-order valence-electron chi connectivity index (χ4n) is 3.08. The van der Waals surface area contributed by atoms with Gasteiger partial charge in [-0.3, -0.25) is 0 Å². The van der Waals surface area contributed by atoms with Crippen molar-refractivity contribution in [3.8, 4) is 0 Å². The molecule has 1 amide bonds. The summed E-state index contributed by atoms with van der Waals surface area (Å²) < 4.78 is 5.76. The summed E-state index contributed by atoms with van der Waals surface area (Å²) in [7, 11) is 0. The van der Waals surface area contributed by atoms with Crippen LogP contribution in [0.4, 0.5) is 4.79 Å². The van der Waals surface area contributed by atoms with Crippen LogP contribution in [-0.4, -0.2) is 24.8 Å². The van der Waals surface area contributed by atoms with Crippen molar-refractivity contribution in [2.24, 2.45) is 0 Å². The molecule has 2 aromatic carbocycles. The van der Waals surface area contributed by atoms with Crippen molar-refractivity contribution in [1.29, 1.82) is 0 Å². The van der Waals surface area contributed by atoms with Crippen LogP contribution in [0.1, 0.15) is 36.9 Å². The molecule has 0 aromatic heterocycles. The van der Waals surface area contributed by atoms with Gasteiger partial charge in [-0.15, -0.1) is 0 Å². The second kappa shape index (κ2) is 7.49. The normalized spacial score (nSPS) is 16.6. The Hall–Kier alpha value is -2.33. The predicted molar refractivity (Wildman–Crippen MR) is 94.9 cm³/mol. The summed E-state index contributed by atoms with van der Waals surface area (Å²) in [4.78, 5) is 12.5. The Morgan fingerprint density at radius 1 is 1.00 bits per heavy atom. The molecule has 1 aliphatic heterocycles. The van der Waals surface area contributed by atoms with E-state index >= 15 is 0 Å². The maximum atomic E-state index is 12.5. The van der Waals surface area contributed by atoms with Crippen LogP contribution < -0.4 is 10.6 Å². The minimum Gasteiger partial charge on any atom is -0.443 e. The number of ether oxygens (including phenoxy) is 1. The molecule has 4 heteroatoms. The third-order valence-electron chi connectivity index (χ3n) is 4.53. The molecule has 3 rings (SSSR count). The van der Waals surface area contributed by atoms with Gasteiger partial charge < -0.3 is 15.4 Å². The lowest BCUT2D eigenvalue weighted by Gasteiger charge is -2.34. The number of rotatable bonds is 4. The number of alkyl carbamates (subject to hydrolysis) is 1. The third kappa shape index (κ3) is 4.15. The van der Waals surface area contributed by atoms with Crippen molar-refractivity contribution >= 4 is 6.09 Å². The van der Waals surface area contributed by atoms with Crippen LogP contribution in [0.3, 0.4) is 0 Å². The van der Waals surface area contributed by atoms with Crippen LogP contribution in [0.25, 0.3) is 0 Å². The number of hydrogen-bond acceptors (Lipinski definition) is 3. The molecule has 0 saturated carbocycles. The van der Waals surface area contributed by atoms with E-state index in [2.05, 4.69) is 10.6 Å². The van der Waals surface area contributed by atoms with Gasteiger partial charge in [0, 0.05) is 0 Å². The predicted octanol–water partition coefficient (Wildman–Crippen LogP) is 3.64. The Morgan fingerprint density at radius 3 is 2.00 bits per heavy atom. The Labute approximate surface area is 143 Å². The standard InChI is InChI=1S/C20H24N2O2/c1-20(12-14-21-15-13-20)24-19(23)22-18(16-8-4-2-5-9-16)17-10-6-3-7-11-17/h2-11,18,21H,12-15H2,1H3,(H,22,23). The van der Waals surface area contributed by atoms with Gasteiger partial charge in [0.15, 0.2) is 0 Å². The number of benzene rings is 2. The maximum Gasteiger partial charge on any atom is 0.408 e. The fraction of sp³-hybridized carbons (Fsp3) is 0.350. The van der Waals surface area contributed by atoms with Gasteiger partial charge in [0.25, 0.3) is 0 Å². The average Bonchev–Trinajstić information content (AvgIpc) is 2.61. The Bertz CT molecular complexity index is 612. The van der Waals surface area contributed by atoms with E-state index in [0.29, 0.717) is 0 Å². The summed E-state index contributed by atoms with van der Waals surface area (Å²) >= 11 is 0. The zero-order chi connectivity index (χ0) is 16.8. The second-order valence-electron chi connectivity index (χ2n) is 6.49. The molecule has 1 heterocycles. The lowest BCUT2D eigenvalue weighted by molar-refractivity contribution is 0.00199. The first kappa shape index (κ1) is 16.5. The first-order valence-corrected chi connectivity index (χ1v) is 8.46. The van der Waals surface area contributed by atoms with E-state index in [1.165, 1.54) is 0 Å². The SMILES string of the molecule is CC1(OC(=O)NC(c2ccccc2)c2ccccc2)CCNCC1. The molecule has 1 aliphatic rings. The molecule has 4 nitrogen and oxygen atoms in total. The van der Waals surface area contributed by atoms with Crippen molar-refractivity contribution in [2.75, 3.05) is 13.1 Å². The van der Waals surface area contributed by atoms with E-state index in [1.807, 2.05) is 67.6 Å². The van der Waals surface area contributed by atoms with Crippen molar-refractivity contribution in [2.45, 2.75) is 31.4 Å². The van der Waals surface area contributed by atoms with Gasteiger partial charge in [-0.2, -0.15) is 0 Å². The number of nitrogens with one attached hydrogen (secondary N) is 2. The first-order chi connectivity index (χ1) is 11.7. The molecule has 0 atom stereocenters. The highest BCUT2D eigenvalue weighted by molar-refractivity contribution is 5.69. The van der Waals surface area contributed by atoms with Gasteiger partial charge >= 0.3 is 6.09 Å². The van der Waals surface area contributed by atoms with Gasteiger partial charge in [-0.1, -0.05) is 60.7 Å². The molecule has 0 bridgehead atoms. The number of piperidine rings is 1. The largest absolute Gasteiger partial charge is 0.443 e. The molecule has 126 valence electrons. The average molecular weight is 324 g/mol. The maximum absolute atomic E-state index is 12.5. The van der Waals surface area contributed by atoms with Crippen LogP contribution in [0.15, 0.2) is 60.7 Å². The van der Waals surface area contributed by atoms with E-state index in [9.17, 15) is 4.79 Å². The first-order valence-electron chi connectivity index (χ1n) is 8.46. The summed E-state index contributed by atoms with van der Waals surface area (Å²) in [5.41, 5.74) is 1.68. The minimum atomic E-state index is -0.396. The summed E-state index contributed by atoms with van der Waals surface area (Å²) in [5, 5.41) is 6.33. The van der Waals surface area contributed by atoms with Crippen LogP contribution >= 0.6 is 0 Å². The lowest BCUT2D eigenvalue weighted by Crippen LogP contribution is -2.45. The second-order valence-corrected chi connectivity index (χ2v) is 6.49. The smallest absolute Gasteiger partial charge is 0.408 e. The Kier molecular flexibility index (Phi) is 5.16. The van der Waals surface area contributed by atoms with Gasteiger partial charge in [0.2, 0.25) is 0 Å². The molecule has 2 N–H and O–H groups in total. The van der Waals surface area contributed by atoms with Gasteiger partial charge in [0.05, 0.1) is 6.04 Å². The number of carbonyl (C=O) groups is 1. The fourth-order valence-corrected chi connectivity index (χ4v) is 3.08.